The van der Waals surface area contributed by atoms with E-state index in [1.165, 1.54) is 12.2 Å². The number of ether oxygens (including phenoxy) is 3. The van der Waals surface area contributed by atoms with Crippen molar-refractivity contribution in [2.24, 2.45) is 9.98 Å². The predicted molar refractivity (Wildman–Crippen MR) is 138 cm³/mol. The van der Waals surface area contributed by atoms with Gasteiger partial charge in [0.05, 0.1) is 57.8 Å². The van der Waals surface area contributed by atoms with Crippen LogP contribution in [0.4, 0.5) is 0 Å². The van der Waals surface area contributed by atoms with Crippen LogP contribution in [0.15, 0.2) is 85.0 Å². The summed E-state index contributed by atoms with van der Waals surface area (Å²) >= 11 is 0. The summed E-state index contributed by atoms with van der Waals surface area (Å²) in [5.74, 6) is 0. The molecule has 6 rings (SSSR count). The molecule has 3 fully saturated rings. The summed E-state index contributed by atoms with van der Waals surface area (Å²) in [6, 6.07) is 17.8. The number of hydrogen-bond acceptors (Lipinski definition) is 10. The molecule has 0 amide bonds. The fourth-order valence-corrected chi connectivity index (χ4v) is 4.21. The van der Waals surface area contributed by atoms with Crippen LogP contribution < -0.4 is 17.1 Å². The van der Waals surface area contributed by atoms with E-state index in [-0.39, 0.29) is 37.9 Å². The summed E-state index contributed by atoms with van der Waals surface area (Å²) in [5.41, 5.74) is -1.98. The van der Waals surface area contributed by atoms with Crippen LogP contribution in [0.3, 0.4) is 0 Å². The summed E-state index contributed by atoms with van der Waals surface area (Å²) in [7, 11) is 0. The van der Waals surface area contributed by atoms with Gasteiger partial charge in [-0.25, -0.2) is 37.7 Å². The standard InChI is InChI=1S/C15H10N2O2.C12H15N3O6/c18-11-16-15(17-12-19,13-7-3-1-4-8-13)14-9-5-2-6-10-14;16-10-13(1-7-4-19-7)11(17)15(3-9-6-21-9)12(18)14(10)2-8-5-20-8/h1-10H;7-9H,1-6H2. The van der Waals surface area contributed by atoms with Gasteiger partial charge >= 0.3 is 17.1 Å². The van der Waals surface area contributed by atoms with Crippen molar-refractivity contribution >= 4 is 12.2 Å². The van der Waals surface area contributed by atoms with Gasteiger partial charge < -0.3 is 14.2 Å². The molecule has 0 radical (unpaired) electrons. The van der Waals surface area contributed by atoms with Gasteiger partial charge in [0.25, 0.3) is 0 Å². The fourth-order valence-electron chi connectivity index (χ4n) is 4.21. The minimum absolute atomic E-state index is 0.121. The highest BCUT2D eigenvalue weighted by Gasteiger charge is 2.34. The first-order valence-electron chi connectivity index (χ1n) is 12.5. The third kappa shape index (κ3) is 6.04. The molecule has 1 aromatic heterocycles. The first-order valence-corrected chi connectivity index (χ1v) is 12.5. The second-order valence-corrected chi connectivity index (χ2v) is 9.36. The van der Waals surface area contributed by atoms with Gasteiger partial charge in [-0.1, -0.05) is 60.7 Å². The smallest absolute Gasteiger partial charge is 0.336 e. The molecule has 3 saturated heterocycles. The molecule has 206 valence electrons. The predicted octanol–water partition coefficient (Wildman–Crippen LogP) is -0.0726. The lowest BCUT2D eigenvalue weighted by Crippen LogP contribution is -2.55. The molecule has 13 nitrogen and oxygen atoms in total. The molecule has 2 aromatic carbocycles. The maximum absolute atomic E-state index is 12.4. The van der Waals surface area contributed by atoms with Crippen molar-refractivity contribution in [3.63, 3.8) is 0 Å². The van der Waals surface area contributed by atoms with Crippen molar-refractivity contribution in [3.05, 3.63) is 103 Å². The zero-order chi connectivity index (χ0) is 28.1. The molecule has 3 aromatic rings. The highest BCUT2D eigenvalue weighted by molar-refractivity contribution is 5.49. The van der Waals surface area contributed by atoms with Gasteiger partial charge in [0.15, 0.2) is 0 Å². The first kappa shape index (κ1) is 27.1. The topological polar surface area (TPSA) is 162 Å². The molecular formula is C27H25N5O8. The second-order valence-electron chi connectivity index (χ2n) is 9.36. The van der Waals surface area contributed by atoms with Crippen molar-refractivity contribution in [2.75, 3.05) is 19.8 Å². The number of nitrogens with zero attached hydrogens (tertiary/aromatic N) is 5. The molecule has 0 N–H and O–H groups in total. The summed E-state index contributed by atoms with van der Waals surface area (Å²) in [6.07, 6.45) is 2.62. The van der Waals surface area contributed by atoms with Crippen molar-refractivity contribution in [2.45, 2.75) is 43.6 Å². The number of aromatic nitrogens is 3. The zero-order valence-electron chi connectivity index (χ0n) is 21.3. The summed E-state index contributed by atoms with van der Waals surface area (Å²) in [4.78, 5) is 66.1. The van der Waals surface area contributed by atoms with Gasteiger partial charge in [-0.3, -0.25) is 0 Å². The van der Waals surface area contributed by atoms with Crippen molar-refractivity contribution in [1.82, 2.24) is 13.7 Å². The number of rotatable bonds is 10. The SMILES string of the molecule is O=C=NC(N=C=O)(c1ccccc1)c1ccccc1.O=c1n(CC2CO2)c(=O)n(CC2CO2)c(=O)n1CC1CO1. The Hall–Kier alpha value is -4.51. The molecule has 40 heavy (non-hydrogen) atoms. The number of carbonyl (C=O) groups excluding carboxylic acids is 2. The lowest BCUT2D eigenvalue weighted by Gasteiger charge is -2.22. The molecule has 3 atom stereocenters. The molecule has 0 aliphatic carbocycles. The van der Waals surface area contributed by atoms with E-state index in [0.29, 0.717) is 30.9 Å². The van der Waals surface area contributed by atoms with Crippen LogP contribution in [-0.4, -0.2) is 64.0 Å². The van der Waals surface area contributed by atoms with Crippen molar-refractivity contribution < 1.29 is 23.8 Å². The van der Waals surface area contributed by atoms with Gasteiger partial charge in [0, 0.05) is 11.1 Å². The summed E-state index contributed by atoms with van der Waals surface area (Å²) in [6.45, 7) is 2.12. The van der Waals surface area contributed by atoms with Gasteiger partial charge in [-0.2, -0.15) is 9.98 Å². The largest absolute Gasteiger partial charge is 0.371 e. The van der Waals surface area contributed by atoms with Crippen LogP contribution in [0.1, 0.15) is 11.1 Å². The Morgan fingerprint density at radius 3 is 1.18 bits per heavy atom. The molecule has 0 bridgehead atoms. The minimum Gasteiger partial charge on any atom is -0.371 e. The number of benzene rings is 2. The van der Waals surface area contributed by atoms with Gasteiger partial charge in [-0.15, -0.1) is 0 Å². The van der Waals surface area contributed by atoms with Crippen LogP contribution in [0.25, 0.3) is 0 Å². The van der Waals surface area contributed by atoms with Crippen LogP contribution in [0, 0.1) is 0 Å². The molecule has 3 aliphatic heterocycles. The fraction of sp³-hybridized carbons (Fsp3) is 0.370. The Balaban J connectivity index is 0.000000162. The Labute approximate surface area is 226 Å². The number of isocyanates is 2. The highest BCUT2D eigenvalue weighted by Crippen LogP contribution is 2.34. The average molecular weight is 548 g/mol. The van der Waals surface area contributed by atoms with E-state index in [0.717, 1.165) is 13.7 Å². The van der Waals surface area contributed by atoms with Crippen molar-refractivity contribution in [1.29, 1.82) is 0 Å². The Kier molecular flexibility index (Phi) is 7.92. The Morgan fingerprint density at radius 2 is 0.925 bits per heavy atom. The van der Waals surface area contributed by atoms with Gasteiger partial charge in [0.1, 0.15) is 0 Å². The molecule has 0 saturated carbocycles. The molecule has 13 heteroatoms. The molecule has 0 spiro atoms. The minimum atomic E-state index is -1.41. The summed E-state index contributed by atoms with van der Waals surface area (Å²) in [5, 5.41) is 0. The lowest BCUT2D eigenvalue weighted by atomic mass is 9.92. The molecule has 3 unspecified atom stereocenters. The van der Waals surface area contributed by atoms with Gasteiger partial charge in [-0.05, 0) is 0 Å². The first-order chi connectivity index (χ1) is 19.5. The van der Waals surface area contributed by atoms with Crippen LogP contribution >= 0.6 is 0 Å². The van der Waals surface area contributed by atoms with E-state index in [1.54, 1.807) is 48.5 Å². The van der Waals surface area contributed by atoms with E-state index >= 15 is 0 Å². The number of aliphatic imine (C=N–C) groups is 2. The monoisotopic (exact) mass is 547 g/mol. The number of hydrogen-bond donors (Lipinski definition) is 0. The van der Waals surface area contributed by atoms with Crippen LogP contribution in [-0.2, 0) is 49.1 Å². The molecule has 4 heterocycles. The van der Waals surface area contributed by atoms with E-state index < -0.39 is 22.7 Å². The maximum atomic E-state index is 12.4. The Bertz CT molecular complexity index is 1430. The van der Waals surface area contributed by atoms with Crippen molar-refractivity contribution in [3.8, 4) is 0 Å². The van der Waals surface area contributed by atoms with Gasteiger partial charge in [0.2, 0.25) is 17.8 Å². The lowest BCUT2D eigenvalue weighted by molar-refractivity contribution is 0.327. The quantitative estimate of drug-likeness (QED) is 0.193. The van der Waals surface area contributed by atoms with Crippen LogP contribution in [0.2, 0.25) is 0 Å². The van der Waals surface area contributed by atoms with Crippen LogP contribution in [0.5, 0.6) is 0 Å². The third-order valence-corrected chi connectivity index (χ3v) is 6.52. The molecule has 3 aliphatic rings. The highest BCUT2D eigenvalue weighted by atomic mass is 16.6. The van der Waals surface area contributed by atoms with E-state index in [1.807, 2.05) is 12.1 Å². The average Bonchev–Trinajstić information content (AvgIpc) is 3.81. The zero-order valence-corrected chi connectivity index (χ0v) is 21.3. The van der Waals surface area contributed by atoms with E-state index in [4.69, 9.17) is 14.2 Å². The number of epoxide rings is 3. The maximum Gasteiger partial charge on any atom is 0.336 e. The van der Waals surface area contributed by atoms with E-state index in [2.05, 4.69) is 9.98 Å². The Morgan fingerprint density at radius 1 is 0.625 bits per heavy atom. The van der Waals surface area contributed by atoms with E-state index in [9.17, 15) is 24.0 Å². The normalized spacial score (nSPS) is 20.2. The second kappa shape index (κ2) is 11.7. The molecular weight excluding hydrogens is 522 g/mol. The third-order valence-electron chi connectivity index (χ3n) is 6.52. The summed E-state index contributed by atoms with van der Waals surface area (Å²) < 4.78 is 18.4.